The van der Waals surface area contributed by atoms with Crippen LogP contribution >= 0.6 is 0 Å². The van der Waals surface area contributed by atoms with E-state index >= 15 is 0 Å². The van der Waals surface area contributed by atoms with Gasteiger partial charge in [-0.05, 0) is 64.2 Å². The summed E-state index contributed by atoms with van der Waals surface area (Å²) in [6.07, 6.45) is 98.4. The van der Waals surface area contributed by atoms with Crippen LogP contribution in [-0.4, -0.2) is 47.4 Å². The fraction of sp³-hybridized carbons (Fsp3) is 0.900. The number of hydrogen-bond donors (Lipinski definition) is 3. The third-order valence-corrected chi connectivity index (χ3v) is 18.4. The molecule has 508 valence electrons. The molecule has 1 amide bonds. The third kappa shape index (κ3) is 71.2. The molecule has 0 aromatic carbocycles. The van der Waals surface area contributed by atoms with E-state index in [2.05, 4.69) is 43.5 Å². The molecule has 0 saturated carbocycles. The maximum Gasteiger partial charge on any atom is 0.305 e. The molecule has 0 radical (unpaired) electrons. The van der Waals surface area contributed by atoms with Gasteiger partial charge < -0.3 is 20.3 Å². The summed E-state index contributed by atoms with van der Waals surface area (Å²) in [4.78, 5) is 24.6. The van der Waals surface area contributed by atoms with E-state index in [1.54, 1.807) is 6.08 Å². The predicted molar refractivity (Wildman–Crippen MR) is 379 cm³/mol. The number of aliphatic hydroxyl groups is 2. The van der Waals surface area contributed by atoms with E-state index in [1.165, 1.54) is 366 Å². The van der Waals surface area contributed by atoms with Crippen LogP contribution < -0.4 is 5.32 Å². The van der Waals surface area contributed by atoms with E-state index in [1.807, 2.05) is 6.08 Å². The van der Waals surface area contributed by atoms with Crippen molar-refractivity contribution in [2.45, 2.75) is 450 Å². The average Bonchev–Trinajstić information content (AvgIpc) is 3.54. The third-order valence-electron chi connectivity index (χ3n) is 18.4. The van der Waals surface area contributed by atoms with Gasteiger partial charge in [-0.1, -0.05) is 397 Å². The normalized spacial score (nSPS) is 12.7. The van der Waals surface area contributed by atoms with Gasteiger partial charge in [-0.2, -0.15) is 0 Å². The minimum atomic E-state index is -0.840. The molecule has 6 nitrogen and oxygen atoms in total. The Balaban J connectivity index is 3.31. The predicted octanol–water partition coefficient (Wildman–Crippen LogP) is 25.8. The first kappa shape index (κ1) is 84.1. The number of esters is 1. The lowest BCUT2D eigenvalue weighted by Gasteiger charge is -2.20. The summed E-state index contributed by atoms with van der Waals surface area (Å²) in [5.74, 6) is -0.0407. The van der Waals surface area contributed by atoms with Crippen molar-refractivity contribution in [3.8, 4) is 0 Å². The molecule has 86 heavy (non-hydrogen) atoms. The molecule has 0 aliphatic rings. The van der Waals surface area contributed by atoms with Crippen molar-refractivity contribution < 1.29 is 24.5 Å². The molecule has 0 aliphatic carbocycles. The minimum absolute atomic E-state index is 0.0192. The molecule has 0 bridgehead atoms. The summed E-state index contributed by atoms with van der Waals surface area (Å²) in [7, 11) is 0. The summed E-state index contributed by atoms with van der Waals surface area (Å²) in [6.45, 7) is 4.92. The lowest BCUT2D eigenvalue weighted by atomic mass is 10.0. The lowest BCUT2D eigenvalue weighted by Crippen LogP contribution is -2.45. The van der Waals surface area contributed by atoms with Crippen LogP contribution in [0.4, 0.5) is 0 Å². The monoisotopic (exact) mass is 1210 g/mol. The Morgan fingerprint density at radius 1 is 0.326 bits per heavy atom. The second-order valence-electron chi connectivity index (χ2n) is 27.0. The van der Waals surface area contributed by atoms with E-state index in [0.29, 0.717) is 19.4 Å². The van der Waals surface area contributed by atoms with Crippen LogP contribution in [0.1, 0.15) is 438 Å². The van der Waals surface area contributed by atoms with Crippen LogP contribution in [0.3, 0.4) is 0 Å². The summed E-state index contributed by atoms with van der Waals surface area (Å²) in [5.41, 5.74) is 0. The molecule has 3 N–H and O–H groups in total. The second kappa shape index (κ2) is 75.5. The molecule has 0 fully saturated rings. The maximum absolute atomic E-state index is 12.5. The highest BCUT2D eigenvalue weighted by Gasteiger charge is 2.18. The van der Waals surface area contributed by atoms with E-state index in [0.717, 1.165) is 44.9 Å². The van der Waals surface area contributed by atoms with Crippen LogP contribution in [-0.2, 0) is 14.3 Å². The van der Waals surface area contributed by atoms with Gasteiger partial charge in [-0.3, -0.25) is 9.59 Å². The number of carbonyl (C=O) groups excluding carboxylic acids is 2. The molecule has 0 rings (SSSR count). The molecule has 0 aromatic rings. The highest BCUT2D eigenvalue weighted by Crippen LogP contribution is 2.20. The molecule has 6 heteroatoms. The zero-order valence-corrected chi connectivity index (χ0v) is 58.3. The highest BCUT2D eigenvalue weighted by molar-refractivity contribution is 5.76. The SMILES string of the molecule is CCCCC/C=C\C/C=C\CCCCCCCCCCCC(=O)OCCCCCCCCCCCCCCCCCCCCCCCCCCCCCCCCCCCCCC(=O)NC(CO)C(O)/C=C/CCCCCCCCCCCCCCC. The molecular formula is C80H153NO5. The Morgan fingerprint density at radius 3 is 0.907 bits per heavy atom. The van der Waals surface area contributed by atoms with Crippen molar-refractivity contribution in [1.29, 1.82) is 0 Å². The summed E-state index contributed by atoms with van der Waals surface area (Å²) >= 11 is 0. The van der Waals surface area contributed by atoms with Crippen LogP contribution in [0, 0.1) is 0 Å². The average molecular weight is 1210 g/mol. The van der Waals surface area contributed by atoms with E-state index in [9.17, 15) is 19.8 Å². The lowest BCUT2D eigenvalue weighted by molar-refractivity contribution is -0.143. The van der Waals surface area contributed by atoms with Gasteiger partial charge in [0.2, 0.25) is 5.91 Å². The van der Waals surface area contributed by atoms with Crippen molar-refractivity contribution in [3.63, 3.8) is 0 Å². The standard InChI is InChI=1S/C80H153NO5/c1-3-5-7-9-11-13-15-17-19-20-38-42-46-50-54-58-62-66-70-74-80(85)86-75-71-67-63-59-55-51-47-43-40-37-35-33-31-29-27-25-23-21-22-24-26-28-30-32-34-36-39-41-45-49-53-57-61-65-69-73-79(84)81-77(76-82)78(83)72-68-64-60-56-52-48-44-18-16-14-12-10-8-6-4-2/h11,13,17,19,68,72,77-78,82-83H,3-10,12,14-16,18,20-67,69-71,73-76H2,1-2H3,(H,81,84)/b13-11-,19-17-,72-68+. The van der Waals surface area contributed by atoms with Crippen molar-refractivity contribution in [2.24, 2.45) is 0 Å². The number of hydrogen-bond acceptors (Lipinski definition) is 5. The summed E-state index contributed by atoms with van der Waals surface area (Å²) < 4.78 is 5.52. The first-order valence-corrected chi connectivity index (χ1v) is 39.3. The van der Waals surface area contributed by atoms with Gasteiger partial charge in [-0.15, -0.1) is 0 Å². The van der Waals surface area contributed by atoms with Gasteiger partial charge in [0.15, 0.2) is 0 Å². The van der Waals surface area contributed by atoms with Crippen molar-refractivity contribution in [3.05, 3.63) is 36.5 Å². The van der Waals surface area contributed by atoms with Gasteiger partial charge in [-0.25, -0.2) is 0 Å². The number of ether oxygens (including phenoxy) is 1. The number of amides is 1. The zero-order valence-electron chi connectivity index (χ0n) is 58.3. The van der Waals surface area contributed by atoms with Gasteiger partial charge in [0.1, 0.15) is 0 Å². The van der Waals surface area contributed by atoms with E-state index < -0.39 is 12.1 Å². The van der Waals surface area contributed by atoms with Gasteiger partial charge in [0.25, 0.3) is 0 Å². The number of allylic oxidation sites excluding steroid dienone is 5. The molecule has 0 aromatic heterocycles. The number of unbranched alkanes of at least 4 members (excludes halogenated alkanes) is 59. The van der Waals surface area contributed by atoms with Crippen LogP contribution in [0.5, 0.6) is 0 Å². The number of nitrogens with one attached hydrogen (secondary N) is 1. The molecular weight excluding hydrogens is 1050 g/mol. The van der Waals surface area contributed by atoms with Crippen molar-refractivity contribution in [2.75, 3.05) is 13.2 Å². The minimum Gasteiger partial charge on any atom is -0.466 e. The van der Waals surface area contributed by atoms with Crippen LogP contribution in [0.25, 0.3) is 0 Å². The Bertz CT molecular complexity index is 1390. The Labute approximate surface area is 538 Å². The van der Waals surface area contributed by atoms with Gasteiger partial charge >= 0.3 is 5.97 Å². The number of rotatable bonds is 74. The van der Waals surface area contributed by atoms with Crippen molar-refractivity contribution >= 4 is 11.9 Å². The molecule has 0 saturated heterocycles. The largest absolute Gasteiger partial charge is 0.466 e. The molecule has 0 spiro atoms. The Morgan fingerprint density at radius 2 is 0.581 bits per heavy atom. The first-order chi connectivity index (χ1) is 42.5. The molecule has 0 heterocycles. The maximum atomic E-state index is 12.5. The first-order valence-electron chi connectivity index (χ1n) is 39.3. The molecule has 2 unspecified atom stereocenters. The van der Waals surface area contributed by atoms with Crippen LogP contribution in [0.15, 0.2) is 36.5 Å². The molecule has 0 aliphatic heterocycles. The highest BCUT2D eigenvalue weighted by atomic mass is 16.5. The fourth-order valence-corrected chi connectivity index (χ4v) is 12.4. The number of carbonyl (C=O) groups is 2. The van der Waals surface area contributed by atoms with Gasteiger partial charge in [0, 0.05) is 12.8 Å². The zero-order chi connectivity index (χ0) is 62.0. The second-order valence-corrected chi connectivity index (χ2v) is 27.0. The summed E-state index contributed by atoms with van der Waals surface area (Å²) in [5, 5.41) is 23.2. The van der Waals surface area contributed by atoms with Crippen molar-refractivity contribution in [1.82, 2.24) is 5.32 Å². The summed E-state index contributed by atoms with van der Waals surface area (Å²) in [6, 6.07) is -0.624. The van der Waals surface area contributed by atoms with Crippen LogP contribution in [0.2, 0.25) is 0 Å². The smallest absolute Gasteiger partial charge is 0.305 e. The van der Waals surface area contributed by atoms with E-state index in [-0.39, 0.29) is 18.5 Å². The molecule has 2 atom stereocenters. The van der Waals surface area contributed by atoms with E-state index in [4.69, 9.17) is 4.74 Å². The quantitative estimate of drug-likeness (QED) is 0.0320. The fourth-order valence-electron chi connectivity index (χ4n) is 12.4. The topological polar surface area (TPSA) is 95.9 Å². The number of aliphatic hydroxyl groups excluding tert-OH is 2. The Kier molecular flexibility index (Phi) is 73.9. The van der Waals surface area contributed by atoms with Gasteiger partial charge in [0.05, 0.1) is 25.4 Å². The Hall–Kier alpha value is -1.92.